The highest BCUT2D eigenvalue weighted by Gasteiger charge is 2.35. The van der Waals surface area contributed by atoms with Gasteiger partial charge in [-0.2, -0.15) is 5.10 Å². The van der Waals surface area contributed by atoms with Gasteiger partial charge in [-0.1, -0.05) is 17.7 Å². The van der Waals surface area contributed by atoms with Gasteiger partial charge in [-0.15, -0.1) is 10.2 Å². The van der Waals surface area contributed by atoms with E-state index >= 15 is 0 Å². The summed E-state index contributed by atoms with van der Waals surface area (Å²) in [5.74, 6) is 1.10. The molecular formula is C22H26ClN9O3S. The number of nitrogens with zero attached hydrogens (tertiary/aromatic N) is 9. The van der Waals surface area contributed by atoms with E-state index in [1.807, 2.05) is 26.0 Å². The molecule has 0 N–H and O–H groups in total. The maximum Gasteiger partial charge on any atom is 0.183 e. The summed E-state index contributed by atoms with van der Waals surface area (Å²) in [5, 5.41) is 12.1. The number of pyridine rings is 1. The van der Waals surface area contributed by atoms with Gasteiger partial charge in [0.25, 0.3) is 0 Å². The summed E-state index contributed by atoms with van der Waals surface area (Å²) in [6.07, 6.45) is 3.33. The van der Waals surface area contributed by atoms with E-state index in [4.69, 9.17) is 16.3 Å². The minimum Gasteiger partial charge on any atom is -0.372 e. The fourth-order valence-electron chi connectivity index (χ4n) is 3.95. The van der Waals surface area contributed by atoms with Crippen LogP contribution in [0.5, 0.6) is 0 Å². The second-order valence-corrected chi connectivity index (χ2v) is 11.1. The summed E-state index contributed by atoms with van der Waals surface area (Å²) < 4.78 is 36.0. The molecule has 0 radical (unpaired) electrons. The highest BCUT2D eigenvalue weighted by Crippen LogP contribution is 2.29. The highest BCUT2D eigenvalue weighted by atomic mass is 35.5. The van der Waals surface area contributed by atoms with Crippen molar-refractivity contribution in [2.24, 2.45) is 7.05 Å². The predicted molar refractivity (Wildman–Crippen MR) is 132 cm³/mol. The third-order valence-electron chi connectivity index (χ3n) is 5.86. The van der Waals surface area contributed by atoms with Crippen LogP contribution >= 0.6 is 11.6 Å². The Morgan fingerprint density at radius 2 is 1.83 bits per heavy atom. The van der Waals surface area contributed by atoms with E-state index in [1.165, 1.54) is 25.8 Å². The summed E-state index contributed by atoms with van der Waals surface area (Å²) in [6, 6.07) is 5.10. The monoisotopic (exact) mass is 531 g/mol. The normalized spacial score (nSPS) is 14.5. The van der Waals surface area contributed by atoms with Crippen LogP contribution in [0.4, 0.5) is 0 Å². The van der Waals surface area contributed by atoms with Crippen molar-refractivity contribution in [1.82, 2.24) is 44.5 Å². The zero-order valence-electron chi connectivity index (χ0n) is 20.4. The second kappa shape index (κ2) is 10.4. The molecule has 0 amide bonds. The first-order valence-corrected chi connectivity index (χ1v) is 13.1. The number of aromatic nitrogens is 9. The summed E-state index contributed by atoms with van der Waals surface area (Å²) >= 11 is 5.88. The quantitative estimate of drug-likeness (QED) is 0.316. The average Bonchev–Trinajstić information content (AvgIpc) is 3.46. The predicted octanol–water partition coefficient (Wildman–Crippen LogP) is 2.52. The lowest BCUT2D eigenvalue weighted by atomic mass is 10.2. The van der Waals surface area contributed by atoms with Gasteiger partial charge in [-0.25, -0.2) is 28.4 Å². The first kappa shape index (κ1) is 25.8. The Morgan fingerprint density at radius 1 is 1.11 bits per heavy atom. The van der Waals surface area contributed by atoms with Crippen LogP contribution in [-0.2, 0) is 27.4 Å². The van der Waals surface area contributed by atoms with Crippen LogP contribution in [0.2, 0.25) is 5.02 Å². The summed E-state index contributed by atoms with van der Waals surface area (Å²) in [5.41, 5.74) is 1.36. The van der Waals surface area contributed by atoms with E-state index in [-0.39, 0.29) is 11.6 Å². The molecule has 0 aromatic carbocycles. The molecule has 36 heavy (non-hydrogen) atoms. The van der Waals surface area contributed by atoms with E-state index in [2.05, 4.69) is 35.2 Å². The van der Waals surface area contributed by atoms with Crippen LogP contribution < -0.4 is 0 Å². The van der Waals surface area contributed by atoms with Crippen LogP contribution in [0.1, 0.15) is 49.2 Å². The van der Waals surface area contributed by atoms with Crippen LogP contribution in [-0.4, -0.2) is 65.3 Å². The Balaban J connectivity index is 1.75. The topological polar surface area (TPSA) is 143 Å². The molecule has 0 saturated carbocycles. The smallest absolute Gasteiger partial charge is 0.183 e. The molecule has 14 heteroatoms. The fraction of sp³-hybridized carbons (Fsp3) is 0.409. The molecule has 0 saturated heterocycles. The molecule has 4 aromatic rings. The number of sulfone groups is 1. The molecule has 0 spiro atoms. The van der Waals surface area contributed by atoms with Crippen molar-refractivity contribution in [1.29, 1.82) is 0 Å². The van der Waals surface area contributed by atoms with Crippen LogP contribution in [0.15, 0.2) is 36.9 Å². The average molecular weight is 532 g/mol. The van der Waals surface area contributed by atoms with E-state index in [0.717, 1.165) is 5.69 Å². The number of ether oxygens (including phenoxy) is 1. The standard InChI is InChI=1S/C22H26ClN9O3S/c1-13-7-6-8-17(28-13)22-30-29-18(32(22)14(2)21-26-12-27-31(21)4)11-36(33,34)15(3)19(35-5)20-24-9-16(23)10-25-20/h6-10,12,14-15,19H,11H2,1-5H3/t14-,15-,19-/m0/s1. The third-order valence-corrected chi connectivity index (χ3v) is 8.10. The molecule has 4 aromatic heterocycles. The molecule has 4 heterocycles. The van der Waals surface area contributed by atoms with Gasteiger partial charge in [0.1, 0.15) is 35.5 Å². The van der Waals surface area contributed by atoms with Gasteiger partial charge < -0.3 is 4.74 Å². The maximum absolute atomic E-state index is 13.6. The Morgan fingerprint density at radius 3 is 2.44 bits per heavy atom. The Bertz CT molecular complexity index is 1450. The maximum atomic E-state index is 13.6. The summed E-state index contributed by atoms with van der Waals surface area (Å²) in [6.45, 7) is 5.30. The molecule has 3 atom stereocenters. The van der Waals surface area contributed by atoms with Gasteiger partial charge in [0.15, 0.2) is 21.5 Å². The van der Waals surface area contributed by atoms with Gasteiger partial charge in [0, 0.05) is 32.2 Å². The molecule has 0 bridgehead atoms. The number of hydrogen-bond donors (Lipinski definition) is 0. The summed E-state index contributed by atoms with van der Waals surface area (Å²) in [4.78, 5) is 17.2. The molecule has 0 unspecified atom stereocenters. The van der Waals surface area contributed by atoms with Crippen LogP contribution in [0, 0.1) is 6.92 Å². The molecular weight excluding hydrogens is 506 g/mol. The molecule has 0 aliphatic rings. The lowest BCUT2D eigenvalue weighted by molar-refractivity contribution is 0.0948. The molecule has 12 nitrogen and oxygen atoms in total. The number of halogens is 1. The molecule has 190 valence electrons. The lowest BCUT2D eigenvalue weighted by Crippen LogP contribution is -2.30. The first-order chi connectivity index (χ1) is 17.1. The lowest BCUT2D eigenvalue weighted by Gasteiger charge is -2.22. The molecule has 0 fully saturated rings. The zero-order chi connectivity index (χ0) is 26.0. The van der Waals surface area contributed by atoms with Gasteiger partial charge >= 0.3 is 0 Å². The molecule has 0 aliphatic carbocycles. The van der Waals surface area contributed by atoms with Gasteiger partial charge in [-0.05, 0) is 32.9 Å². The third kappa shape index (κ3) is 5.13. The van der Waals surface area contributed by atoms with Crippen molar-refractivity contribution in [3.8, 4) is 11.5 Å². The fourth-order valence-corrected chi connectivity index (χ4v) is 5.47. The Hall–Kier alpha value is -3.29. The van der Waals surface area contributed by atoms with Crippen molar-refractivity contribution < 1.29 is 13.2 Å². The van der Waals surface area contributed by atoms with E-state index in [0.29, 0.717) is 22.4 Å². The first-order valence-electron chi connectivity index (χ1n) is 11.1. The number of methoxy groups -OCH3 is 1. The van der Waals surface area contributed by atoms with Gasteiger partial charge in [-0.3, -0.25) is 9.25 Å². The van der Waals surface area contributed by atoms with Gasteiger partial charge in [0.05, 0.1) is 16.3 Å². The van der Waals surface area contributed by atoms with Gasteiger partial charge in [0.2, 0.25) is 0 Å². The Kier molecular flexibility index (Phi) is 7.43. The van der Waals surface area contributed by atoms with E-state index in [9.17, 15) is 8.42 Å². The van der Waals surface area contributed by atoms with Crippen molar-refractivity contribution in [3.63, 3.8) is 0 Å². The van der Waals surface area contributed by atoms with Crippen LogP contribution in [0.25, 0.3) is 11.5 Å². The molecule has 0 aliphatic heterocycles. The number of hydrogen-bond acceptors (Lipinski definition) is 10. The minimum atomic E-state index is -3.82. The number of aryl methyl sites for hydroxylation is 2. The van der Waals surface area contributed by atoms with Crippen LogP contribution in [0.3, 0.4) is 0 Å². The minimum absolute atomic E-state index is 0.219. The largest absolute Gasteiger partial charge is 0.372 e. The SMILES string of the molecule is CO[C@H](c1ncc(Cl)cn1)[C@H](C)S(=O)(=O)Cc1nnc(-c2cccc(C)n2)n1[C@@H](C)c1ncnn1C. The van der Waals surface area contributed by atoms with Crippen molar-refractivity contribution in [2.75, 3.05) is 7.11 Å². The molecule has 4 rings (SSSR count). The summed E-state index contributed by atoms with van der Waals surface area (Å²) in [7, 11) is -0.642. The second-order valence-electron chi connectivity index (χ2n) is 8.32. The number of rotatable bonds is 9. The zero-order valence-corrected chi connectivity index (χ0v) is 22.0. The van der Waals surface area contributed by atoms with Crippen molar-refractivity contribution >= 4 is 21.4 Å². The van der Waals surface area contributed by atoms with Crippen molar-refractivity contribution in [3.05, 3.63) is 65.1 Å². The van der Waals surface area contributed by atoms with Crippen molar-refractivity contribution in [2.45, 2.75) is 43.9 Å². The highest BCUT2D eigenvalue weighted by molar-refractivity contribution is 7.91. The van der Waals surface area contributed by atoms with E-state index < -0.39 is 33.0 Å². The van der Waals surface area contributed by atoms with E-state index in [1.54, 1.807) is 29.3 Å². The Labute approximate surface area is 213 Å².